The standard InChI is InChI=1S/C25H34N8O4/c1-7-31(19-10-8-9-13-26-19)22-23(36)33(16(2)14-27-22)24-28-18(11-12-20(34)29-25(4,5)6)17(3)32(24)15-21(35)30-37/h8-11,13-14,17,37H,7,12,15H2,1-6H3,(H,29,34)(H,30,35). The van der Waals surface area contributed by atoms with Crippen LogP contribution in [0.3, 0.4) is 0 Å². The van der Waals surface area contributed by atoms with E-state index < -0.39 is 17.5 Å². The number of carbonyl (C=O) groups excluding carboxylic acids is 2. The Morgan fingerprint density at radius 1 is 1.22 bits per heavy atom. The molecule has 0 radical (unpaired) electrons. The number of hydroxylamine groups is 1. The first-order valence-electron chi connectivity index (χ1n) is 12.0. The van der Waals surface area contributed by atoms with E-state index in [1.165, 1.54) is 4.57 Å². The zero-order valence-corrected chi connectivity index (χ0v) is 22.0. The van der Waals surface area contributed by atoms with Gasteiger partial charge in [0.05, 0.1) is 11.7 Å². The summed E-state index contributed by atoms with van der Waals surface area (Å²) in [7, 11) is 0. The van der Waals surface area contributed by atoms with Crippen molar-refractivity contribution in [2.24, 2.45) is 4.99 Å². The summed E-state index contributed by atoms with van der Waals surface area (Å²) in [6.45, 7) is 11.3. The lowest BCUT2D eigenvalue weighted by Gasteiger charge is -2.27. The Morgan fingerprint density at radius 3 is 2.54 bits per heavy atom. The van der Waals surface area contributed by atoms with E-state index in [-0.39, 0.29) is 36.2 Å². The normalized spacial score (nSPS) is 16.5. The van der Waals surface area contributed by atoms with Gasteiger partial charge in [-0.3, -0.25) is 19.6 Å². The number of anilines is 2. The summed E-state index contributed by atoms with van der Waals surface area (Å²) in [5.41, 5.74) is 1.82. The van der Waals surface area contributed by atoms with Gasteiger partial charge in [-0.2, -0.15) is 0 Å². The van der Waals surface area contributed by atoms with Crippen LogP contribution in [0.25, 0.3) is 0 Å². The Labute approximate surface area is 215 Å². The number of hydrogen-bond donors (Lipinski definition) is 3. The molecule has 0 saturated carbocycles. The van der Waals surface area contributed by atoms with Crippen LogP contribution in [0.5, 0.6) is 0 Å². The highest BCUT2D eigenvalue weighted by Gasteiger charge is 2.33. The Kier molecular flexibility index (Phi) is 8.43. The Balaban J connectivity index is 2.08. The molecule has 0 saturated heterocycles. The van der Waals surface area contributed by atoms with Gasteiger partial charge in [-0.15, -0.1) is 0 Å². The fraction of sp³-hybridized carbons (Fsp3) is 0.440. The molecule has 0 aliphatic carbocycles. The lowest BCUT2D eigenvalue weighted by Crippen LogP contribution is -2.48. The zero-order chi connectivity index (χ0) is 27.3. The third-order valence-corrected chi connectivity index (χ3v) is 5.65. The van der Waals surface area contributed by atoms with Crippen molar-refractivity contribution in [2.45, 2.75) is 59.5 Å². The van der Waals surface area contributed by atoms with E-state index in [2.05, 4.69) is 20.3 Å². The number of hydrogen-bond acceptors (Lipinski definition) is 9. The molecule has 1 aliphatic heterocycles. The summed E-state index contributed by atoms with van der Waals surface area (Å²) in [6, 6.07) is 4.94. The van der Waals surface area contributed by atoms with Crippen molar-refractivity contribution in [3.63, 3.8) is 0 Å². The van der Waals surface area contributed by atoms with E-state index in [1.807, 2.05) is 40.7 Å². The molecule has 3 heterocycles. The molecule has 0 bridgehead atoms. The van der Waals surface area contributed by atoms with Gasteiger partial charge in [0.25, 0.3) is 5.91 Å². The van der Waals surface area contributed by atoms with E-state index >= 15 is 0 Å². The predicted octanol–water partition coefficient (Wildman–Crippen LogP) is 1.71. The second-order valence-electron chi connectivity index (χ2n) is 9.68. The maximum absolute atomic E-state index is 13.8. The monoisotopic (exact) mass is 510 g/mol. The molecule has 3 N–H and O–H groups in total. The average molecular weight is 511 g/mol. The van der Waals surface area contributed by atoms with Gasteiger partial charge >= 0.3 is 5.56 Å². The molecule has 2 aromatic heterocycles. The number of aryl methyl sites for hydroxylation is 1. The lowest BCUT2D eigenvalue weighted by molar-refractivity contribution is -0.129. The van der Waals surface area contributed by atoms with Crippen LogP contribution in [0.4, 0.5) is 11.6 Å². The van der Waals surface area contributed by atoms with Crippen LogP contribution >= 0.6 is 0 Å². The zero-order valence-electron chi connectivity index (χ0n) is 22.0. The number of nitrogens with zero attached hydrogens (tertiary/aromatic N) is 6. The minimum absolute atomic E-state index is 0.0759. The van der Waals surface area contributed by atoms with Gasteiger partial charge in [-0.05, 0) is 53.7 Å². The molecule has 12 heteroatoms. The first-order valence-corrected chi connectivity index (χ1v) is 12.0. The van der Waals surface area contributed by atoms with E-state index in [0.29, 0.717) is 23.8 Å². The topological polar surface area (TPSA) is 145 Å². The third kappa shape index (κ3) is 6.39. The molecule has 2 amide bonds. The molecule has 1 unspecified atom stereocenters. The average Bonchev–Trinajstić information content (AvgIpc) is 3.14. The van der Waals surface area contributed by atoms with Gasteiger partial charge in [0.1, 0.15) is 12.4 Å². The fourth-order valence-electron chi connectivity index (χ4n) is 3.96. The quantitative estimate of drug-likeness (QED) is 0.377. The van der Waals surface area contributed by atoms with Gasteiger partial charge < -0.3 is 15.1 Å². The SMILES string of the molecule is CCN(c1ccccn1)c1ncc(C)n(C2=NC(=CCC(=O)NC(C)(C)C)C(C)N2CC(=O)NO)c1=O. The summed E-state index contributed by atoms with van der Waals surface area (Å²) in [5, 5.41) is 12.0. The molecule has 0 fully saturated rings. The summed E-state index contributed by atoms with van der Waals surface area (Å²) in [5.74, 6) is 0.0603. The number of aliphatic imine (C=N–C) groups is 1. The van der Waals surface area contributed by atoms with Crippen molar-refractivity contribution in [3.8, 4) is 0 Å². The van der Waals surface area contributed by atoms with Crippen LogP contribution in [0, 0.1) is 6.92 Å². The second kappa shape index (κ2) is 11.3. The molecule has 1 atom stereocenters. The Morgan fingerprint density at radius 2 is 1.95 bits per heavy atom. The van der Waals surface area contributed by atoms with Gasteiger partial charge in [-0.1, -0.05) is 12.1 Å². The minimum atomic E-state index is -0.671. The first-order chi connectivity index (χ1) is 17.5. The molecule has 1 aliphatic rings. The summed E-state index contributed by atoms with van der Waals surface area (Å²) in [4.78, 5) is 55.0. The molecule has 198 valence electrons. The third-order valence-electron chi connectivity index (χ3n) is 5.65. The number of rotatable bonds is 7. The molecule has 37 heavy (non-hydrogen) atoms. The summed E-state index contributed by atoms with van der Waals surface area (Å²) in [6.07, 6.45) is 4.94. The van der Waals surface area contributed by atoms with Crippen LogP contribution in [0.1, 0.15) is 46.7 Å². The van der Waals surface area contributed by atoms with E-state index in [4.69, 9.17) is 5.21 Å². The number of nitrogens with one attached hydrogen (secondary N) is 2. The molecule has 2 aromatic rings. The van der Waals surface area contributed by atoms with Crippen molar-refractivity contribution in [2.75, 3.05) is 18.0 Å². The van der Waals surface area contributed by atoms with Gasteiger partial charge in [0.15, 0.2) is 0 Å². The van der Waals surface area contributed by atoms with Crippen molar-refractivity contribution in [1.82, 2.24) is 30.2 Å². The predicted molar refractivity (Wildman–Crippen MR) is 140 cm³/mol. The van der Waals surface area contributed by atoms with Crippen LogP contribution in [0.2, 0.25) is 0 Å². The number of pyridine rings is 1. The highest BCUT2D eigenvalue weighted by molar-refractivity contribution is 5.91. The Hall–Kier alpha value is -4.06. The van der Waals surface area contributed by atoms with E-state index in [1.54, 1.807) is 52.8 Å². The maximum atomic E-state index is 13.8. The van der Waals surface area contributed by atoms with Crippen molar-refractivity contribution in [1.29, 1.82) is 0 Å². The maximum Gasteiger partial charge on any atom is 0.301 e. The van der Waals surface area contributed by atoms with Crippen LogP contribution in [-0.2, 0) is 9.59 Å². The molecule has 12 nitrogen and oxygen atoms in total. The number of carbonyl (C=O) groups is 2. The smallest absolute Gasteiger partial charge is 0.301 e. The lowest BCUT2D eigenvalue weighted by atomic mass is 10.1. The highest BCUT2D eigenvalue weighted by Crippen LogP contribution is 2.24. The number of aromatic nitrogens is 3. The minimum Gasteiger partial charge on any atom is -0.351 e. The van der Waals surface area contributed by atoms with Crippen LogP contribution in [-0.4, -0.2) is 67.1 Å². The molecule has 3 rings (SSSR count). The van der Waals surface area contributed by atoms with Crippen molar-refractivity contribution < 1.29 is 14.8 Å². The molecule has 0 aromatic carbocycles. The van der Waals surface area contributed by atoms with Crippen molar-refractivity contribution in [3.05, 3.63) is 58.4 Å². The largest absolute Gasteiger partial charge is 0.351 e. The van der Waals surface area contributed by atoms with Gasteiger partial charge in [0.2, 0.25) is 17.7 Å². The van der Waals surface area contributed by atoms with Crippen LogP contribution in [0.15, 0.2) is 52.2 Å². The highest BCUT2D eigenvalue weighted by atomic mass is 16.5. The summed E-state index contributed by atoms with van der Waals surface area (Å²) >= 11 is 0. The van der Waals surface area contributed by atoms with E-state index in [0.717, 1.165) is 0 Å². The fourth-order valence-corrected chi connectivity index (χ4v) is 3.96. The molecular formula is C25H34N8O4. The summed E-state index contributed by atoms with van der Waals surface area (Å²) < 4.78 is 1.38. The van der Waals surface area contributed by atoms with Gasteiger partial charge in [-0.25, -0.2) is 25.0 Å². The first kappa shape index (κ1) is 27.5. The van der Waals surface area contributed by atoms with E-state index in [9.17, 15) is 14.4 Å². The van der Waals surface area contributed by atoms with Crippen LogP contribution < -0.4 is 21.3 Å². The number of amides is 2. The molecular weight excluding hydrogens is 476 g/mol. The van der Waals surface area contributed by atoms with Crippen molar-refractivity contribution >= 4 is 29.4 Å². The Bertz CT molecular complexity index is 1260. The second-order valence-corrected chi connectivity index (χ2v) is 9.68. The van der Waals surface area contributed by atoms with Gasteiger partial charge in [0, 0.05) is 36.6 Å². The molecule has 0 spiro atoms.